The van der Waals surface area contributed by atoms with Gasteiger partial charge in [0.15, 0.2) is 0 Å². The van der Waals surface area contributed by atoms with Crippen molar-refractivity contribution in [3.63, 3.8) is 0 Å². The highest BCUT2D eigenvalue weighted by Gasteiger charge is 2.25. The molecule has 0 saturated carbocycles. The SMILES string of the molecule is Cc1ncsc1CN(C)C(=O)NC(C(=O)O)C(C)C. The Morgan fingerprint density at radius 2 is 2.16 bits per heavy atom. The number of aromatic nitrogens is 1. The van der Waals surface area contributed by atoms with Gasteiger partial charge in [-0.2, -0.15) is 0 Å². The number of rotatable bonds is 5. The molecule has 1 aromatic rings. The van der Waals surface area contributed by atoms with Crippen LogP contribution in [0, 0.1) is 12.8 Å². The Bertz CT molecular complexity index is 459. The van der Waals surface area contributed by atoms with Crippen LogP contribution in [0.25, 0.3) is 0 Å². The molecule has 2 amide bonds. The monoisotopic (exact) mass is 285 g/mol. The fraction of sp³-hybridized carbons (Fsp3) is 0.583. The third-order valence-electron chi connectivity index (χ3n) is 2.78. The number of nitrogens with zero attached hydrogens (tertiary/aromatic N) is 2. The van der Waals surface area contributed by atoms with Crippen molar-refractivity contribution < 1.29 is 14.7 Å². The van der Waals surface area contributed by atoms with Crippen molar-refractivity contribution >= 4 is 23.3 Å². The lowest BCUT2D eigenvalue weighted by Gasteiger charge is -2.23. The Hall–Kier alpha value is -1.63. The summed E-state index contributed by atoms with van der Waals surface area (Å²) in [5.41, 5.74) is 2.62. The molecule has 1 heterocycles. The minimum atomic E-state index is -1.02. The van der Waals surface area contributed by atoms with Crippen LogP contribution < -0.4 is 5.32 Å². The summed E-state index contributed by atoms with van der Waals surface area (Å²) in [7, 11) is 1.63. The van der Waals surface area contributed by atoms with Gasteiger partial charge >= 0.3 is 12.0 Å². The third-order valence-corrected chi connectivity index (χ3v) is 3.70. The van der Waals surface area contributed by atoms with E-state index in [1.54, 1.807) is 26.4 Å². The highest BCUT2D eigenvalue weighted by molar-refractivity contribution is 7.09. The number of urea groups is 1. The summed E-state index contributed by atoms with van der Waals surface area (Å²) >= 11 is 1.48. The van der Waals surface area contributed by atoms with Gasteiger partial charge in [-0.05, 0) is 12.8 Å². The van der Waals surface area contributed by atoms with Gasteiger partial charge < -0.3 is 15.3 Å². The average molecular weight is 285 g/mol. The van der Waals surface area contributed by atoms with Crippen LogP contribution in [0.15, 0.2) is 5.51 Å². The summed E-state index contributed by atoms with van der Waals surface area (Å²) in [6.45, 7) is 5.82. The summed E-state index contributed by atoms with van der Waals surface area (Å²) in [5, 5.41) is 11.6. The van der Waals surface area contributed by atoms with E-state index in [4.69, 9.17) is 5.11 Å². The summed E-state index contributed by atoms with van der Waals surface area (Å²) < 4.78 is 0. The summed E-state index contributed by atoms with van der Waals surface area (Å²) in [5.74, 6) is -1.19. The number of carbonyl (C=O) groups excluding carboxylic acids is 1. The number of carboxylic acid groups (broad SMARTS) is 1. The molecule has 0 aromatic carbocycles. The average Bonchev–Trinajstić information content (AvgIpc) is 2.70. The van der Waals surface area contributed by atoms with Crippen molar-refractivity contribution in [1.29, 1.82) is 0 Å². The standard InChI is InChI=1S/C12H19N3O3S/c1-7(2)10(11(16)17)14-12(18)15(4)5-9-8(3)13-6-19-9/h6-7,10H,5H2,1-4H3,(H,14,18)(H,16,17). The van der Waals surface area contributed by atoms with Crippen molar-refractivity contribution in [2.45, 2.75) is 33.4 Å². The van der Waals surface area contributed by atoms with Crippen LogP contribution in [0.3, 0.4) is 0 Å². The second-order valence-electron chi connectivity index (χ2n) is 4.73. The number of hydrogen-bond acceptors (Lipinski definition) is 4. The minimum Gasteiger partial charge on any atom is -0.480 e. The normalized spacial score (nSPS) is 12.3. The van der Waals surface area contributed by atoms with Gasteiger partial charge in [-0.3, -0.25) is 0 Å². The molecule has 2 N–H and O–H groups in total. The largest absolute Gasteiger partial charge is 0.480 e. The zero-order valence-electron chi connectivity index (χ0n) is 11.5. The second kappa shape index (κ2) is 6.51. The molecule has 7 heteroatoms. The van der Waals surface area contributed by atoms with E-state index < -0.39 is 18.0 Å². The Morgan fingerprint density at radius 3 is 2.58 bits per heavy atom. The van der Waals surface area contributed by atoms with Crippen LogP contribution in [-0.2, 0) is 11.3 Å². The lowest BCUT2D eigenvalue weighted by Crippen LogP contribution is -2.48. The van der Waals surface area contributed by atoms with Crippen molar-refractivity contribution in [2.75, 3.05) is 7.05 Å². The molecule has 0 fully saturated rings. The van der Waals surface area contributed by atoms with Crippen LogP contribution in [-0.4, -0.2) is 40.1 Å². The zero-order chi connectivity index (χ0) is 14.6. The summed E-state index contributed by atoms with van der Waals surface area (Å²) in [6.07, 6.45) is 0. The molecule has 106 valence electrons. The zero-order valence-corrected chi connectivity index (χ0v) is 12.3. The molecule has 1 atom stereocenters. The lowest BCUT2D eigenvalue weighted by molar-refractivity contribution is -0.140. The van der Waals surface area contributed by atoms with E-state index in [1.165, 1.54) is 16.2 Å². The fourth-order valence-corrected chi connectivity index (χ4v) is 2.35. The first-order valence-electron chi connectivity index (χ1n) is 5.96. The third kappa shape index (κ3) is 4.20. The van der Waals surface area contributed by atoms with Crippen LogP contribution in [0.5, 0.6) is 0 Å². The van der Waals surface area contributed by atoms with Crippen LogP contribution >= 0.6 is 11.3 Å². The van der Waals surface area contributed by atoms with E-state index in [1.807, 2.05) is 6.92 Å². The molecule has 0 aliphatic carbocycles. The van der Waals surface area contributed by atoms with E-state index in [-0.39, 0.29) is 5.92 Å². The molecule has 0 aliphatic heterocycles. The molecular formula is C12H19N3O3S. The number of amides is 2. The maximum Gasteiger partial charge on any atom is 0.326 e. The highest BCUT2D eigenvalue weighted by atomic mass is 32.1. The predicted octanol–water partition coefficient (Wildman–Crippen LogP) is 1.70. The number of aliphatic carboxylic acids is 1. The first kappa shape index (κ1) is 15.4. The van der Waals surface area contributed by atoms with Gasteiger partial charge in [-0.1, -0.05) is 13.8 Å². The van der Waals surface area contributed by atoms with E-state index >= 15 is 0 Å². The van der Waals surface area contributed by atoms with Gasteiger partial charge in [-0.25, -0.2) is 14.6 Å². The molecule has 19 heavy (non-hydrogen) atoms. The molecule has 0 radical (unpaired) electrons. The molecule has 1 rings (SSSR count). The number of carbonyl (C=O) groups is 2. The molecule has 1 unspecified atom stereocenters. The van der Waals surface area contributed by atoms with E-state index in [9.17, 15) is 9.59 Å². The first-order valence-corrected chi connectivity index (χ1v) is 6.84. The Labute approximate surface area is 116 Å². The van der Waals surface area contributed by atoms with Crippen molar-refractivity contribution in [1.82, 2.24) is 15.2 Å². The summed E-state index contributed by atoms with van der Waals surface area (Å²) in [6, 6.07) is -1.27. The Morgan fingerprint density at radius 1 is 1.53 bits per heavy atom. The van der Waals surface area contributed by atoms with Gasteiger partial charge in [0.2, 0.25) is 0 Å². The maximum absolute atomic E-state index is 11.9. The van der Waals surface area contributed by atoms with Gasteiger partial charge in [0, 0.05) is 11.9 Å². The van der Waals surface area contributed by atoms with Crippen LogP contribution in [0.4, 0.5) is 4.79 Å². The topological polar surface area (TPSA) is 82.5 Å². The fourth-order valence-electron chi connectivity index (χ4n) is 1.52. The molecular weight excluding hydrogens is 266 g/mol. The van der Waals surface area contributed by atoms with E-state index in [0.717, 1.165) is 10.6 Å². The number of carboxylic acids is 1. The Balaban J connectivity index is 2.62. The molecule has 0 spiro atoms. The minimum absolute atomic E-state index is 0.167. The molecule has 1 aromatic heterocycles. The van der Waals surface area contributed by atoms with Gasteiger partial charge in [0.25, 0.3) is 0 Å². The van der Waals surface area contributed by atoms with Gasteiger partial charge in [0.05, 0.1) is 17.7 Å². The molecule has 6 nitrogen and oxygen atoms in total. The van der Waals surface area contributed by atoms with Gasteiger partial charge in [-0.15, -0.1) is 11.3 Å². The van der Waals surface area contributed by atoms with Crippen LogP contribution in [0.1, 0.15) is 24.4 Å². The number of hydrogen-bond donors (Lipinski definition) is 2. The van der Waals surface area contributed by atoms with Crippen LogP contribution in [0.2, 0.25) is 0 Å². The first-order chi connectivity index (χ1) is 8.82. The maximum atomic E-state index is 11.9. The van der Waals surface area contributed by atoms with Crippen molar-refractivity contribution in [3.05, 3.63) is 16.1 Å². The van der Waals surface area contributed by atoms with E-state index in [2.05, 4.69) is 10.3 Å². The van der Waals surface area contributed by atoms with Crippen molar-refractivity contribution in [3.8, 4) is 0 Å². The number of nitrogens with one attached hydrogen (secondary N) is 1. The number of thiazole rings is 1. The predicted molar refractivity (Wildman–Crippen MR) is 73.1 cm³/mol. The second-order valence-corrected chi connectivity index (χ2v) is 5.67. The van der Waals surface area contributed by atoms with E-state index in [0.29, 0.717) is 6.54 Å². The lowest BCUT2D eigenvalue weighted by atomic mass is 10.1. The number of aryl methyl sites for hydroxylation is 1. The summed E-state index contributed by atoms with van der Waals surface area (Å²) in [4.78, 5) is 29.5. The highest BCUT2D eigenvalue weighted by Crippen LogP contribution is 2.14. The van der Waals surface area contributed by atoms with Crippen molar-refractivity contribution in [2.24, 2.45) is 5.92 Å². The molecule has 0 bridgehead atoms. The Kier molecular flexibility index (Phi) is 5.29. The quantitative estimate of drug-likeness (QED) is 0.862. The smallest absolute Gasteiger partial charge is 0.326 e. The van der Waals surface area contributed by atoms with Gasteiger partial charge in [0.1, 0.15) is 6.04 Å². The molecule has 0 saturated heterocycles. The molecule has 0 aliphatic rings.